The Kier molecular flexibility index (Phi) is 9.92. The topological polar surface area (TPSA) is 61.8 Å². The molecule has 5 nitrogen and oxygen atoms in total. The van der Waals surface area contributed by atoms with Crippen LogP contribution in [0.25, 0.3) is 0 Å². The van der Waals surface area contributed by atoms with Gasteiger partial charge >= 0.3 is 5.97 Å². The summed E-state index contributed by atoms with van der Waals surface area (Å²) in [6, 6.07) is 14.1. The second kappa shape index (κ2) is 12.7. The summed E-state index contributed by atoms with van der Waals surface area (Å²) in [6.45, 7) is 2.49. The fraction of sp³-hybridized carbons (Fsp3) is 0.440. The Morgan fingerprint density at radius 2 is 1.40 bits per heavy atom. The van der Waals surface area contributed by atoms with Crippen LogP contribution in [-0.4, -0.2) is 32.6 Å². The normalized spacial score (nSPS) is 11.6. The minimum Gasteiger partial charge on any atom is -0.496 e. The minimum atomic E-state index is -1.07. The maximum absolute atomic E-state index is 13.5. The lowest BCUT2D eigenvalue weighted by molar-refractivity contribution is -0.144. The van der Waals surface area contributed by atoms with Gasteiger partial charge in [-0.2, -0.15) is 0 Å². The zero-order chi connectivity index (χ0) is 21.8. The quantitative estimate of drug-likeness (QED) is 0.186. The van der Waals surface area contributed by atoms with E-state index in [9.17, 15) is 9.59 Å². The number of carbonyl (C=O) groups excluding carboxylic acids is 2. The molecule has 0 aliphatic heterocycles. The van der Waals surface area contributed by atoms with Crippen LogP contribution in [0.3, 0.4) is 0 Å². The number of rotatable bonds is 13. The van der Waals surface area contributed by atoms with Gasteiger partial charge in [-0.1, -0.05) is 75.4 Å². The number of methoxy groups -OCH3 is 2. The molecule has 0 saturated carbocycles. The molecular weight excluding hydrogens is 380 g/mol. The minimum absolute atomic E-state index is 0.243. The molecule has 1 unspecified atom stereocenters. The number of Topliss-reactive ketones (excluding diaryl/α,β-unsaturated/α-hetero) is 1. The molecule has 0 fully saturated rings. The van der Waals surface area contributed by atoms with E-state index in [1.807, 2.05) is 6.07 Å². The molecule has 1 atom stereocenters. The van der Waals surface area contributed by atoms with Crippen LogP contribution in [0.4, 0.5) is 0 Å². The molecule has 0 spiro atoms. The van der Waals surface area contributed by atoms with E-state index in [0.717, 1.165) is 19.3 Å². The van der Waals surface area contributed by atoms with Gasteiger partial charge in [0, 0.05) is 0 Å². The van der Waals surface area contributed by atoms with Crippen molar-refractivity contribution < 1.29 is 23.8 Å². The zero-order valence-electron chi connectivity index (χ0n) is 18.2. The highest BCUT2D eigenvalue weighted by Crippen LogP contribution is 2.34. The molecule has 0 saturated heterocycles. The van der Waals surface area contributed by atoms with E-state index in [1.165, 1.54) is 33.5 Å². The van der Waals surface area contributed by atoms with Crippen molar-refractivity contribution in [1.82, 2.24) is 0 Å². The first-order chi connectivity index (χ1) is 14.6. The zero-order valence-corrected chi connectivity index (χ0v) is 18.2. The summed E-state index contributed by atoms with van der Waals surface area (Å²) in [5, 5.41) is 0. The lowest BCUT2D eigenvalue weighted by Gasteiger charge is -2.19. The van der Waals surface area contributed by atoms with Gasteiger partial charge in [-0.25, -0.2) is 0 Å². The van der Waals surface area contributed by atoms with Crippen molar-refractivity contribution in [1.29, 1.82) is 0 Å². The Hall–Kier alpha value is -2.82. The van der Waals surface area contributed by atoms with Crippen LogP contribution in [0, 0.1) is 0 Å². The highest BCUT2D eigenvalue weighted by Gasteiger charge is 2.34. The molecular formula is C25H32O5. The molecule has 0 aliphatic carbocycles. The molecule has 162 valence electrons. The first-order valence-corrected chi connectivity index (χ1v) is 10.6. The Morgan fingerprint density at radius 3 is 2.00 bits per heavy atom. The molecule has 0 bridgehead atoms. The SMILES string of the molecule is CCCCCCCCOC(=O)C(C(=O)c1c(OC)cccc1OC)c1ccccc1. The average molecular weight is 413 g/mol. The summed E-state index contributed by atoms with van der Waals surface area (Å²) < 4.78 is 16.2. The number of unbranched alkanes of at least 4 members (excludes halogenated alkanes) is 5. The maximum Gasteiger partial charge on any atom is 0.321 e. The third-order valence-corrected chi connectivity index (χ3v) is 5.05. The van der Waals surface area contributed by atoms with Crippen molar-refractivity contribution in [2.24, 2.45) is 0 Å². The third kappa shape index (κ3) is 6.34. The van der Waals surface area contributed by atoms with Gasteiger partial charge in [-0.05, 0) is 24.1 Å². The second-order valence-electron chi connectivity index (χ2n) is 7.18. The summed E-state index contributed by atoms with van der Waals surface area (Å²) >= 11 is 0. The molecule has 0 aliphatic rings. The third-order valence-electron chi connectivity index (χ3n) is 5.05. The van der Waals surface area contributed by atoms with Crippen molar-refractivity contribution in [2.75, 3.05) is 20.8 Å². The Balaban J connectivity index is 2.19. The standard InChI is InChI=1S/C25H32O5/c1-4-5-6-7-8-12-18-30-25(27)22(19-14-10-9-11-15-19)24(26)23-20(28-2)16-13-17-21(23)29-3/h9-11,13-17,22H,4-8,12,18H2,1-3H3. The van der Waals surface area contributed by atoms with Crippen molar-refractivity contribution in [3.63, 3.8) is 0 Å². The van der Waals surface area contributed by atoms with E-state index in [0.29, 0.717) is 23.7 Å². The van der Waals surface area contributed by atoms with Crippen molar-refractivity contribution in [2.45, 2.75) is 51.4 Å². The van der Waals surface area contributed by atoms with Crippen LogP contribution in [-0.2, 0) is 9.53 Å². The average Bonchev–Trinajstić information content (AvgIpc) is 2.78. The van der Waals surface area contributed by atoms with Crippen LogP contribution >= 0.6 is 0 Å². The van der Waals surface area contributed by atoms with Crippen molar-refractivity contribution >= 4 is 11.8 Å². The highest BCUT2D eigenvalue weighted by molar-refractivity contribution is 6.15. The molecule has 5 heteroatoms. The molecule has 0 amide bonds. The molecule has 0 N–H and O–H groups in total. The van der Waals surface area contributed by atoms with Gasteiger partial charge in [-0.3, -0.25) is 9.59 Å². The van der Waals surface area contributed by atoms with E-state index in [4.69, 9.17) is 14.2 Å². The summed E-state index contributed by atoms with van der Waals surface area (Å²) in [5.74, 6) is -1.29. The second-order valence-corrected chi connectivity index (χ2v) is 7.18. The van der Waals surface area contributed by atoms with Crippen molar-refractivity contribution in [3.05, 3.63) is 59.7 Å². The van der Waals surface area contributed by atoms with Crippen molar-refractivity contribution in [3.8, 4) is 11.5 Å². The predicted octanol–water partition coefficient (Wildman–Crippen LogP) is 5.57. The summed E-state index contributed by atoms with van der Waals surface area (Å²) in [4.78, 5) is 26.5. The summed E-state index contributed by atoms with van der Waals surface area (Å²) in [7, 11) is 2.97. The van der Waals surface area contributed by atoms with Gasteiger partial charge in [0.15, 0.2) is 5.78 Å². The number of ether oxygens (including phenoxy) is 3. The van der Waals surface area contributed by atoms with Crippen LogP contribution in [0.5, 0.6) is 11.5 Å². The van der Waals surface area contributed by atoms with Gasteiger partial charge in [0.25, 0.3) is 0 Å². The lowest BCUT2D eigenvalue weighted by atomic mass is 9.89. The number of carbonyl (C=O) groups is 2. The Labute approximate surface area is 179 Å². The molecule has 0 aromatic heterocycles. The molecule has 2 rings (SSSR count). The van der Waals surface area contributed by atoms with Crippen LogP contribution in [0.2, 0.25) is 0 Å². The molecule has 2 aromatic carbocycles. The number of esters is 1. The number of benzene rings is 2. The molecule has 30 heavy (non-hydrogen) atoms. The maximum atomic E-state index is 13.5. The molecule has 2 aromatic rings. The number of hydrogen-bond donors (Lipinski definition) is 0. The molecule has 0 radical (unpaired) electrons. The highest BCUT2D eigenvalue weighted by atomic mass is 16.5. The Morgan fingerprint density at radius 1 is 0.800 bits per heavy atom. The largest absolute Gasteiger partial charge is 0.496 e. The van der Waals surface area contributed by atoms with Gasteiger partial charge in [0.05, 0.1) is 20.8 Å². The van der Waals surface area contributed by atoms with E-state index < -0.39 is 17.7 Å². The fourth-order valence-corrected chi connectivity index (χ4v) is 3.42. The number of ketones is 1. The van der Waals surface area contributed by atoms with Crippen LogP contribution in [0.1, 0.15) is 67.3 Å². The van der Waals surface area contributed by atoms with Gasteiger partial charge in [-0.15, -0.1) is 0 Å². The first kappa shape index (κ1) is 23.5. The fourth-order valence-electron chi connectivity index (χ4n) is 3.42. The predicted molar refractivity (Wildman–Crippen MR) is 117 cm³/mol. The van der Waals surface area contributed by atoms with Gasteiger partial charge < -0.3 is 14.2 Å². The van der Waals surface area contributed by atoms with E-state index in [-0.39, 0.29) is 5.56 Å². The van der Waals surface area contributed by atoms with E-state index >= 15 is 0 Å². The smallest absolute Gasteiger partial charge is 0.321 e. The monoisotopic (exact) mass is 412 g/mol. The van der Waals surface area contributed by atoms with Crippen LogP contribution < -0.4 is 9.47 Å². The van der Waals surface area contributed by atoms with E-state index in [2.05, 4.69) is 6.92 Å². The lowest BCUT2D eigenvalue weighted by Crippen LogP contribution is -2.25. The van der Waals surface area contributed by atoms with Gasteiger partial charge in [0.2, 0.25) is 0 Å². The number of hydrogen-bond acceptors (Lipinski definition) is 5. The Bertz CT molecular complexity index is 778. The first-order valence-electron chi connectivity index (χ1n) is 10.6. The van der Waals surface area contributed by atoms with Crippen LogP contribution in [0.15, 0.2) is 48.5 Å². The summed E-state index contributed by atoms with van der Waals surface area (Å²) in [5.41, 5.74) is 0.830. The van der Waals surface area contributed by atoms with Gasteiger partial charge in [0.1, 0.15) is 23.0 Å². The van der Waals surface area contributed by atoms with E-state index in [1.54, 1.807) is 42.5 Å². The molecule has 0 heterocycles. The summed E-state index contributed by atoms with van der Waals surface area (Å²) in [6.07, 6.45) is 6.56.